The Labute approximate surface area is 105 Å². The summed E-state index contributed by atoms with van der Waals surface area (Å²) in [5.41, 5.74) is 5.46. The highest BCUT2D eigenvalue weighted by molar-refractivity contribution is 5.95. The van der Waals surface area contributed by atoms with E-state index in [9.17, 15) is 9.59 Å². The first-order valence-corrected chi connectivity index (χ1v) is 6.00. The molecule has 1 aromatic heterocycles. The highest BCUT2D eigenvalue weighted by Crippen LogP contribution is 2.15. The average Bonchev–Trinajstić information content (AvgIpc) is 2.78. The van der Waals surface area contributed by atoms with Gasteiger partial charge in [-0.05, 0) is 13.3 Å². The lowest BCUT2D eigenvalue weighted by Crippen LogP contribution is -2.38. The van der Waals surface area contributed by atoms with Crippen LogP contribution < -0.4 is 11.1 Å². The third kappa shape index (κ3) is 2.44. The predicted molar refractivity (Wildman–Crippen MR) is 66.1 cm³/mol. The van der Waals surface area contributed by atoms with Crippen LogP contribution in [0.1, 0.15) is 23.8 Å². The molecule has 1 aliphatic heterocycles. The number of aryl methyl sites for hydroxylation is 1. The molecule has 1 aromatic rings. The van der Waals surface area contributed by atoms with Crippen LogP contribution in [0.2, 0.25) is 0 Å². The molecular weight excluding hydrogens is 234 g/mol. The molecule has 0 fully saturated rings. The number of fused-ring (bicyclic) bond motifs is 1. The quantitative estimate of drug-likeness (QED) is 0.764. The van der Waals surface area contributed by atoms with E-state index in [2.05, 4.69) is 10.3 Å². The Hall–Kier alpha value is -2.05. The fraction of sp³-hybridized carbons (Fsp3) is 0.545. The van der Waals surface area contributed by atoms with Gasteiger partial charge in [-0.3, -0.25) is 9.59 Å². The molecule has 98 valence electrons. The fourth-order valence-corrected chi connectivity index (χ4v) is 1.96. The van der Waals surface area contributed by atoms with Gasteiger partial charge in [-0.2, -0.15) is 0 Å². The monoisotopic (exact) mass is 251 g/mol. The van der Waals surface area contributed by atoms with Crippen LogP contribution in [-0.4, -0.2) is 45.9 Å². The minimum Gasteiger partial charge on any atom is -0.368 e. The van der Waals surface area contributed by atoms with Crippen molar-refractivity contribution in [2.75, 3.05) is 25.0 Å². The molecule has 0 unspecified atom stereocenters. The lowest BCUT2D eigenvalue weighted by Gasteiger charge is -2.17. The maximum Gasteiger partial charge on any atom is 0.274 e. The van der Waals surface area contributed by atoms with Gasteiger partial charge in [0.05, 0.1) is 6.54 Å². The highest BCUT2D eigenvalue weighted by atomic mass is 16.2. The first-order chi connectivity index (χ1) is 8.61. The van der Waals surface area contributed by atoms with Gasteiger partial charge in [0.25, 0.3) is 5.91 Å². The van der Waals surface area contributed by atoms with E-state index in [0.717, 1.165) is 19.5 Å². The molecule has 0 aromatic carbocycles. The molecule has 2 heterocycles. The smallest absolute Gasteiger partial charge is 0.274 e. The summed E-state index contributed by atoms with van der Waals surface area (Å²) in [6, 6.07) is 0. The van der Waals surface area contributed by atoms with Crippen molar-refractivity contribution in [3.63, 3.8) is 0 Å². The average molecular weight is 251 g/mol. The third-order valence-corrected chi connectivity index (χ3v) is 2.87. The number of aromatic nitrogens is 2. The maximum atomic E-state index is 12.1. The molecule has 0 atom stereocenters. The van der Waals surface area contributed by atoms with Crippen molar-refractivity contribution in [1.82, 2.24) is 14.5 Å². The largest absolute Gasteiger partial charge is 0.368 e. The zero-order chi connectivity index (χ0) is 13.1. The molecule has 1 aliphatic rings. The van der Waals surface area contributed by atoms with Crippen molar-refractivity contribution in [3.05, 3.63) is 11.9 Å². The number of primary amides is 1. The van der Waals surface area contributed by atoms with Crippen molar-refractivity contribution in [2.24, 2.45) is 5.73 Å². The van der Waals surface area contributed by atoms with E-state index in [1.54, 1.807) is 13.1 Å². The minimum atomic E-state index is -0.521. The zero-order valence-electron chi connectivity index (χ0n) is 10.3. The fourth-order valence-electron chi connectivity index (χ4n) is 1.96. The minimum absolute atomic E-state index is 0.0784. The van der Waals surface area contributed by atoms with E-state index in [4.69, 9.17) is 5.73 Å². The van der Waals surface area contributed by atoms with E-state index in [-0.39, 0.29) is 12.5 Å². The number of likely N-dealkylation sites (N-methyl/N-ethyl adjacent to an activating group) is 1. The summed E-state index contributed by atoms with van der Waals surface area (Å²) in [5, 5.41) is 3.13. The van der Waals surface area contributed by atoms with Crippen LogP contribution in [0.3, 0.4) is 0 Å². The zero-order valence-corrected chi connectivity index (χ0v) is 10.3. The molecule has 18 heavy (non-hydrogen) atoms. The summed E-state index contributed by atoms with van der Waals surface area (Å²) in [6.45, 7) is 3.87. The van der Waals surface area contributed by atoms with Gasteiger partial charge in [0, 0.05) is 25.8 Å². The van der Waals surface area contributed by atoms with E-state index in [0.29, 0.717) is 18.2 Å². The van der Waals surface area contributed by atoms with Crippen LogP contribution in [0.25, 0.3) is 0 Å². The summed E-state index contributed by atoms with van der Waals surface area (Å²) < 4.78 is 1.91. The second-order valence-corrected chi connectivity index (χ2v) is 4.21. The summed E-state index contributed by atoms with van der Waals surface area (Å²) in [4.78, 5) is 28.7. The number of nitrogens with two attached hydrogens (primary N) is 1. The molecule has 0 radical (unpaired) electrons. The van der Waals surface area contributed by atoms with Crippen LogP contribution in [0.5, 0.6) is 0 Å². The number of anilines is 1. The Balaban J connectivity index is 2.16. The molecule has 2 amide bonds. The second kappa shape index (κ2) is 5.07. The molecular formula is C11H17N5O2. The number of carbonyl (C=O) groups excluding carboxylic acids is 2. The number of hydrogen-bond acceptors (Lipinski definition) is 4. The molecule has 7 heteroatoms. The Bertz CT molecular complexity index is 444. The lowest BCUT2D eigenvalue weighted by atomic mass is 10.3. The van der Waals surface area contributed by atoms with Crippen molar-refractivity contribution in [2.45, 2.75) is 19.9 Å². The van der Waals surface area contributed by atoms with Gasteiger partial charge in [0.1, 0.15) is 5.69 Å². The molecule has 2 rings (SSSR count). The second-order valence-electron chi connectivity index (χ2n) is 4.21. The van der Waals surface area contributed by atoms with Crippen molar-refractivity contribution in [1.29, 1.82) is 0 Å². The Morgan fingerprint density at radius 3 is 3.00 bits per heavy atom. The molecule has 0 saturated heterocycles. The Morgan fingerprint density at radius 1 is 1.61 bits per heavy atom. The van der Waals surface area contributed by atoms with Crippen LogP contribution in [0.15, 0.2) is 6.20 Å². The maximum absolute atomic E-state index is 12.1. The van der Waals surface area contributed by atoms with Crippen LogP contribution >= 0.6 is 0 Å². The number of amides is 2. The van der Waals surface area contributed by atoms with Crippen molar-refractivity contribution in [3.8, 4) is 0 Å². The summed E-state index contributed by atoms with van der Waals surface area (Å²) in [5.74, 6) is -0.0768. The third-order valence-electron chi connectivity index (χ3n) is 2.87. The number of carbonyl (C=O) groups is 2. The summed E-state index contributed by atoms with van der Waals surface area (Å²) in [7, 11) is 0. The van der Waals surface area contributed by atoms with E-state index < -0.39 is 5.91 Å². The molecule has 3 N–H and O–H groups in total. The number of imidazole rings is 1. The van der Waals surface area contributed by atoms with Gasteiger partial charge in [0.2, 0.25) is 11.9 Å². The SMILES string of the molecule is CCN(CC(N)=O)C(=O)c1cn2c(n1)NCCC2. The van der Waals surface area contributed by atoms with Crippen molar-refractivity contribution < 1.29 is 9.59 Å². The standard InChI is InChI=1S/C11H17N5O2/c1-2-15(7-9(12)17)10(18)8-6-16-5-3-4-13-11(16)14-8/h6H,2-5,7H2,1H3,(H2,12,17)(H,13,14). The molecule has 0 spiro atoms. The molecule has 7 nitrogen and oxygen atoms in total. The number of nitrogens with zero attached hydrogens (tertiary/aromatic N) is 3. The summed E-state index contributed by atoms with van der Waals surface area (Å²) >= 11 is 0. The van der Waals surface area contributed by atoms with Gasteiger partial charge < -0.3 is 20.5 Å². The van der Waals surface area contributed by atoms with Crippen LogP contribution in [0, 0.1) is 0 Å². The van der Waals surface area contributed by atoms with Crippen LogP contribution in [-0.2, 0) is 11.3 Å². The first kappa shape index (κ1) is 12.4. The van der Waals surface area contributed by atoms with Gasteiger partial charge in [0.15, 0.2) is 0 Å². The van der Waals surface area contributed by atoms with Gasteiger partial charge >= 0.3 is 0 Å². The summed E-state index contributed by atoms with van der Waals surface area (Å²) in [6.07, 6.45) is 2.73. The van der Waals surface area contributed by atoms with Gasteiger partial charge in [-0.1, -0.05) is 0 Å². The van der Waals surface area contributed by atoms with E-state index in [1.807, 2.05) is 4.57 Å². The Kier molecular flexibility index (Phi) is 3.50. The van der Waals surface area contributed by atoms with E-state index >= 15 is 0 Å². The highest BCUT2D eigenvalue weighted by Gasteiger charge is 2.21. The molecule has 0 bridgehead atoms. The van der Waals surface area contributed by atoms with Gasteiger partial charge in [-0.25, -0.2) is 4.98 Å². The molecule has 0 saturated carbocycles. The first-order valence-electron chi connectivity index (χ1n) is 6.00. The molecule has 0 aliphatic carbocycles. The normalized spacial score (nSPS) is 13.6. The Morgan fingerprint density at radius 2 is 2.39 bits per heavy atom. The number of hydrogen-bond donors (Lipinski definition) is 2. The topological polar surface area (TPSA) is 93.2 Å². The van der Waals surface area contributed by atoms with E-state index in [1.165, 1.54) is 4.90 Å². The number of rotatable bonds is 4. The number of nitrogens with one attached hydrogen (secondary N) is 1. The van der Waals surface area contributed by atoms with Crippen molar-refractivity contribution >= 4 is 17.8 Å². The van der Waals surface area contributed by atoms with Crippen LogP contribution in [0.4, 0.5) is 5.95 Å². The van der Waals surface area contributed by atoms with Gasteiger partial charge in [-0.15, -0.1) is 0 Å². The lowest BCUT2D eigenvalue weighted by molar-refractivity contribution is -0.118. The predicted octanol–water partition coefficient (Wildman–Crippen LogP) is -0.354.